The summed E-state index contributed by atoms with van der Waals surface area (Å²) in [7, 11) is 0. The van der Waals surface area contributed by atoms with Gasteiger partial charge in [0.25, 0.3) is 11.6 Å². The van der Waals surface area contributed by atoms with Gasteiger partial charge in [-0.2, -0.15) is 0 Å². The highest BCUT2D eigenvalue weighted by Crippen LogP contribution is 2.23. The number of carbonyl (C=O) groups excluding carboxylic acids is 2. The highest BCUT2D eigenvalue weighted by molar-refractivity contribution is 6.06. The van der Waals surface area contributed by atoms with Gasteiger partial charge >= 0.3 is 0 Å². The summed E-state index contributed by atoms with van der Waals surface area (Å²) >= 11 is 0. The molecule has 8 nitrogen and oxygen atoms in total. The molecule has 2 aromatic rings. The standard InChI is InChI=1S/C19H25N5O3/c1-13-11-15(17-14(2)21-27-18(17)20-13)19(26)24-9-7-22(8-10-24)12-16(25)23-5-3-4-6-23/h11H,3-10,12H2,1-2H3. The van der Waals surface area contributed by atoms with Crippen LogP contribution in [0.15, 0.2) is 10.6 Å². The molecule has 2 fully saturated rings. The first-order valence-corrected chi connectivity index (χ1v) is 9.56. The van der Waals surface area contributed by atoms with Crippen molar-refractivity contribution in [1.29, 1.82) is 0 Å². The van der Waals surface area contributed by atoms with E-state index in [4.69, 9.17) is 4.52 Å². The molecule has 0 radical (unpaired) electrons. The lowest BCUT2D eigenvalue weighted by Crippen LogP contribution is -2.51. The normalized spacial score (nSPS) is 18.4. The van der Waals surface area contributed by atoms with Crippen molar-refractivity contribution in [1.82, 2.24) is 24.8 Å². The van der Waals surface area contributed by atoms with E-state index in [1.807, 2.05) is 23.6 Å². The minimum Gasteiger partial charge on any atom is -0.342 e. The summed E-state index contributed by atoms with van der Waals surface area (Å²) in [5, 5.41) is 4.64. The predicted octanol–water partition coefficient (Wildman–Crippen LogP) is 1.22. The minimum absolute atomic E-state index is 0.0256. The molecule has 0 saturated carbocycles. The molecule has 0 aliphatic carbocycles. The second-order valence-corrected chi connectivity index (χ2v) is 7.42. The molecule has 2 aliphatic heterocycles. The van der Waals surface area contributed by atoms with E-state index in [0.717, 1.165) is 31.6 Å². The monoisotopic (exact) mass is 371 g/mol. The van der Waals surface area contributed by atoms with Gasteiger partial charge in [-0.15, -0.1) is 0 Å². The van der Waals surface area contributed by atoms with Gasteiger partial charge < -0.3 is 14.3 Å². The van der Waals surface area contributed by atoms with Crippen molar-refractivity contribution in [3.63, 3.8) is 0 Å². The van der Waals surface area contributed by atoms with Crippen LogP contribution in [0.25, 0.3) is 11.1 Å². The van der Waals surface area contributed by atoms with E-state index in [0.29, 0.717) is 55.1 Å². The molecule has 0 spiro atoms. The zero-order valence-corrected chi connectivity index (χ0v) is 15.9. The molecule has 27 heavy (non-hydrogen) atoms. The summed E-state index contributed by atoms with van der Waals surface area (Å²) in [4.78, 5) is 35.7. The third-order valence-corrected chi connectivity index (χ3v) is 5.45. The third-order valence-electron chi connectivity index (χ3n) is 5.45. The number of hydrogen-bond donors (Lipinski definition) is 0. The number of rotatable bonds is 3. The van der Waals surface area contributed by atoms with Crippen LogP contribution < -0.4 is 0 Å². The summed E-state index contributed by atoms with van der Waals surface area (Å²) in [6, 6.07) is 1.80. The fraction of sp³-hybridized carbons (Fsp3) is 0.579. The molecule has 0 bridgehead atoms. The van der Waals surface area contributed by atoms with Crippen LogP contribution in [-0.2, 0) is 4.79 Å². The Morgan fingerprint density at radius 1 is 1.04 bits per heavy atom. The van der Waals surface area contributed by atoms with E-state index in [1.165, 1.54) is 0 Å². The zero-order chi connectivity index (χ0) is 19.0. The summed E-state index contributed by atoms with van der Waals surface area (Å²) in [5.74, 6) is 0.182. The Labute approximate surface area is 158 Å². The molecule has 144 valence electrons. The number of piperazine rings is 1. The summed E-state index contributed by atoms with van der Waals surface area (Å²) in [5.41, 5.74) is 2.41. The van der Waals surface area contributed by atoms with Crippen LogP contribution in [0.2, 0.25) is 0 Å². The molecule has 0 unspecified atom stereocenters. The van der Waals surface area contributed by atoms with Crippen molar-refractivity contribution in [2.45, 2.75) is 26.7 Å². The second-order valence-electron chi connectivity index (χ2n) is 7.42. The first-order valence-electron chi connectivity index (χ1n) is 9.56. The van der Waals surface area contributed by atoms with Crippen LogP contribution in [0.1, 0.15) is 34.6 Å². The molecule has 2 amide bonds. The van der Waals surface area contributed by atoms with E-state index in [2.05, 4.69) is 15.0 Å². The molecule has 4 rings (SSSR count). The Kier molecular flexibility index (Phi) is 4.82. The lowest BCUT2D eigenvalue weighted by atomic mass is 10.1. The first-order chi connectivity index (χ1) is 13.0. The average molecular weight is 371 g/mol. The Balaban J connectivity index is 1.42. The molecule has 0 aromatic carbocycles. The maximum Gasteiger partial charge on any atom is 0.258 e. The maximum atomic E-state index is 13.1. The molecule has 2 saturated heterocycles. The van der Waals surface area contributed by atoms with Gasteiger partial charge in [-0.1, -0.05) is 5.16 Å². The van der Waals surface area contributed by atoms with Crippen LogP contribution in [0.4, 0.5) is 0 Å². The Bertz CT molecular complexity index is 864. The highest BCUT2D eigenvalue weighted by Gasteiger charge is 2.27. The quantitative estimate of drug-likeness (QED) is 0.807. The number of carbonyl (C=O) groups is 2. The van der Waals surface area contributed by atoms with Gasteiger partial charge in [-0.25, -0.2) is 4.98 Å². The van der Waals surface area contributed by atoms with Crippen LogP contribution in [-0.4, -0.2) is 82.5 Å². The summed E-state index contributed by atoms with van der Waals surface area (Å²) in [6.45, 7) is 8.52. The lowest BCUT2D eigenvalue weighted by molar-refractivity contribution is -0.131. The lowest BCUT2D eigenvalue weighted by Gasteiger charge is -2.35. The number of nitrogens with zero attached hydrogens (tertiary/aromatic N) is 5. The van der Waals surface area contributed by atoms with Crippen molar-refractivity contribution in [3.8, 4) is 0 Å². The number of amides is 2. The van der Waals surface area contributed by atoms with Crippen molar-refractivity contribution in [2.24, 2.45) is 0 Å². The topological polar surface area (TPSA) is 82.8 Å². The minimum atomic E-state index is -0.0256. The van der Waals surface area contributed by atoms with Crippen molar-refractivity contribution in [2.75, 3.05) is 45.8 Å². The number of aromatic nitrogens is 2. The van der Waals surface area contributed by atoms with E-state index in [9.17, 15) is 9.59 Å². The SMILES string of the molecule is Cc1cc(C(=O)N2CCN(CC(=O)N3CCCC3)CC2)c2c(C)noc2n1. The predicted molar refractivity (Wildman–Crippen MR) is 99.4 cm³/mol. The smallest absolute Gasteiger partial charge is 0.258 e. The number of pyridine rings is 1. The van der Waals surface area contributed by atoms with Gasteiger partial charge in [0.1, 0.15) is 0 Å². The van der Waals surface area contributed by atoms with E-state index in [-0.39, 0.29) is 11.8 Å². The number of fused-ring (bicyclic) bond motifs is 1. The van der Waals surface area contributed by atoms with Gasteiger partial charge in [-0.3, -0.25) is 14.5 Å². The molecule has 2 aliphatic rings. The average Bonchev–Trinajstić information content (AvgIpc) is 3.32. The van der Waals surface area contributed by atoms with Crippen LogP contribution >= 0.6 is 0 Å². The van der Waals surface area contributed by atoms with Crippen LogP contribution in [0.3, 0.4) is 0 Å². The van der Waals surface area contributed by atoms with Gasteiger partial charge in [0.15, 0.2) is 0 Å². The van der Waals surface area contributed by atoms with E-state index in [1.54, 1.807) is 6.07 Å². The molecule has 2 aromatic heterocycles. The zero-order valence-electron chi connectivity index (χ0n) is 15.9. The van der Waals surface area contributed by atoms with E-state index >= 15 is 0 Å². The number of hydrogen-bond acceptors (Lipinski definition) is 6. The molecule has 0 N–H and O–H groups in total. The van der Waals surface area contributed by atoms with Crippen molar-refractivity contribution >= 4 is 22.9 Å². The van der Waals surface area contributed by atoms with E-state index < -0.39 is 0 Å². The maximum absolute atomic E-state index is 13.1. The Hall–Kier alpha value is -2.48. The molecular formula is C19H25N5O3. The first kappa shape index (κ1) is 17.9. The highest BCUT2D eigenvalue weighted by atomic mass is 16.5. The second kappa shape index (κ2) is 7.26. The number of aryl methyl sites for hydroxylation is 2. The fourth-order valence-electron chi connectivity index (χ4n) is 3.92. The van der Waals surface area contributed by atoms with Gasteiger partial charge in [0.05, 0.1) is 23.2 Å². The van der Waals surface area contributed by atoms with Gasteiger partial charge in [-0.05, 0) is 32.8 Å². The molecular weight excluding hydrogens is 346 g/mol. The molecule has 0 atom stereocenters. The number of likely N-dealkylation sites (tertiary alicyclic amines) is 1. The molecule has 8 heteroatoms. The van der Waals surface area contributed by atoms with Crippen molar-refractivity contribution < 1.29 is 14.1 Å². The Morgan fingerprint density at radius 2 is 1.74 bits per heavy atom. The van der Waals surface area contributed by atoms with Crippen molar-refractivity contribution in [3.05, 3.63) is 23.0 Å². The largest absolute Gasteiger partial charge is 0.342 e. The van der Waals surface area contributed by atoms with Crippen LogP contribution in [0.5, 0.6) is 0 Å². The van der Waals surface area contributed by atoms with Gasteiger partial charge in [0, 0.05) is 45.0 Å². The molecule has 4 heterocycles. The Morgan fingerprint density at radius 3 is 2.44 bits per heavy atom. The van der Waals surface area contributed by atoms with Crippen LogP contribution in [0, 0.1) is 13.8 Å². The third kappa shape index (κ3) is 3.53. The summed E-state index contributed by atoms with van der Waals surface area (Å²) < 4.78 is 5.23. The summed E-state index contributed by atoms with van der Waals surface area (Å²) in [6.07, 6.45) is 2.21. The van der Waals surface area contributed by atoms with Gasteiger partial charge in [0.2, 0.25) is 5.91 Å². The fourth-order valence-corrected chi connectivity index (χ4v) is 3.92.